The number of benzene rings is 1. The molecule has 0 aromatic heterocycles. The van der Waals surface area contributed by atoms with E-state index in [9.17, 15) is 13.2 Å². The Hall–Kier alpha value is -2.10. The van der Waals surface area contributed by atoms with Gasteiger partial charge in [0, 0.05) is 38.8 Å². The topological polar surface area (TPSA) is 88.2 Å². The number of hydrogen-bond donors (Lipinski definition) is 1. The number of nitrogens with one attached hydrogen (secondary N) is 1. The summed E-state index contributed by atoms with van der Waals surface area (Å²) >= 11 is 0. The summed E-state index contributed by atoms with van der Waals surface area (Å²) in [6, 6.07) is 4.37. The van der Waals surface area contributed by atoms with Crippen LogP contribution < -0.4 is 14.8 Å². The molecule has 0 bridgehead atoms. The minimum Gasteiger partial charge on any atom is -0.486 e. The average molecular weight is 395 g/mol. The van der Waals surface area contributed by atoms with E-state index in [0.717, 1.165) is 0 Å². The standard InChI is InChI=1S/C18H25N3O5S/c1-3-6-19-18(22)14(2)20-7-9-21(10-8-20)27(23,24)15-4-5-16-17(13-15)26-12-11-25-16/h3-5,13-14H,1,6-12H2,2H3,(H,19,22)/t14-/m1/s1. The van der Waals surface area contributed by atoms with Crippen LogP contribution in [0.25, 0.3) is 0 Å². The highest BCUT2D eigenvalue weighted by atomic mass is 32.2. The Balaban J connectivity index is 1.64. The third-order valence-electron chi connectivity index (χ3n) is 4.77. The van der Waals surface area contributed by atoms with Gasteiger partial charge in [-0.1, -0.05) is 6.08 Å². The molecule has 1 aromatic carbocycles. The van der Waals surface area contributed by atoms with Crippen LogP contribution in [0.3, 0.4) is 0 Å². The first-order valence-corrected chi connectivity index (χ1v) is 10.4. The van der Waals surface area contributed by atoms with Crippen molar-refractivity contribution in [3.05, 3.63) is 30.9 Å². The quantitative estimate of drug-likeness (QED) is 0.704. The Labute approximate surface area is 159 Å². The van der Waals surface area contributed by atoms with Crippen molar-refractivity contribution in [3.63, 3.8) is 0 Å². The number of carbonyl (C=O) groups is 1. The summed E-state index contributed by atoms with van der Waals surface area (Å²) in [5.41, 5.74) is 0. The van der Waals surface area contributed by atoms with Gasteiger partial charge in [-0.05, 0) is 19.1 Å². The summed E-state index contributed by atoms with van der Waals surface area (Å²) < 4.78 is 38.3. The lowest BCUT2D eigenvalue weighted by molar-refractivity contribution is -0.126. The number of hydrogen-bond acceptors (Lipinski definition) is 6. The molecule has 1 fully saturated rings. The zero-order chi connectivity index (χ0) is 19.4. The SMILES string of the molecule is C=CCNC(=O)[C@@H](C)N1CCN(S(=O)(=O)c2ccc3c(c2)OCCO3)CC1. The lowest BCUT2D eigenvalue weighted by Crippen LogP contribution is -2.54. The van der Waals surface area contributed by atoms with E-state index in [1.165, 1.54) is 10.4 Å². The maximum atomic E-state index is 12.9. The van der Waals surface area contributed by atoms with E-state index in [1.807, 2.05) is 11.8 Å². The monoisotopic (exact) mass is 395 g/mol. The molecule has 0 aliphatic carbocycles. The zero-order valence-corrected chi connectivity index (χ0v) is 16.2. The van der Waals surface area contributed by atoms with Crippen LogP contribution in [0.15, 0.2) is 35.7 Å². The summed E-state index contributed by atoms with van der Waals surface area (Å²) in [6.07, 6.45) is 1.63. The zero-order valence-electron chi connectivity index (χ0n) is 15.4. The summed E-state index contributed by atoms with van der Waals surface area (Å²) in [7, 11) is -3.62. The number of amides is 1. The Morgan fingerprint density at radius 3 is 2.56 bits per heavy atom. The Kier molecular flexibility index (Phi) is 6.03. The maximum Gasteiger partial charge on any atom is 0.243 e. The van der Waals surface area contributed by atoms with E-state index in [0.29, 0.717) is 57.4 Å². The van der Waals surface area contributed by atoms with Crippen molar-refractivity contribution in [1.29, 1.82) is 0 Å². The van der Waals surface area contributed by atoms with Crippen molar-refractivity contribution in [2.45, 2.75) is 17.9 Å². The van der Waals surface area contributed by atoms with Gasteiger partial charge in [0.1, 0.15) is 13.2 Å². The van der Waals surface area contributed by atoms with Crippen molar-refractivity contribution >= 4 is 15.9 Å². The van der Waals surface area contributed by atoms with E-state index in [2.05, 4.69) is 11.9 Å². The fourth-order valence-electron chi connectivity index (χ4n) is 3.15. The third kappa shape index (κ3) is 4.26. The molecule has 2 heterocycles. The average Bonchev–Trinajstić information content (AvgIpc) is 2.71. The normalized spacial score (nSPS) is 19.3. The highest BCUT2D eigenvalue weighted by Crippen LogP contribution is 2.33. The van der Waals surface area contributed by atoms with Crippen LogP contribution >= 0.6 is 0 Å². The number of fused-ring (bicyclic) bond motifs is 1. The van der Waals surface area contributed by atoms with Crippen molar-refractivity contribution < 1.29 is 22.7 Å². The lowest BCUT2D eigenvalue weighted by Gasteiger charge is -2.36. The fourth-order valence-corrected chi connectivity index (χ4v) is 4.59. The van der Waals surface area contributed by atoms with Crippen LogP contribution in [0.2, 0.25) is 0 Å². The summed E-state index contributed by atoms with van der Waals surface area (Å²) in [5, 5.41) is 2.77. The van der Waals surface area contributed by atoms with Gasteiger partial charge in [-0.15, -0.1) is 6.58 Å². The third-order valence-corrected chi connectivity index (χ3v) is 6.67. The Morgan fingerprint density at radius 2 is 1.89 bits per heavy atom. The highest BCUT2D eigenvalue weighted by molar-refractivity contribution is 7.89. The van der Waals surface area contributed by atoms with Gasteiger partial charge in [-0.25, -0.2) is 8.42 Å². The molecule has 3 rings (SSSR count). The largest absolute Gasteiger partial charge is 0.486 e. The van der Waals surface area contributed by atoms with Gasteiger partial charge in [0.25, 0.3) is 0 Å². The van der Waals surface area contributed by atoms with Crippen molar-refractivity contribution in [2.75, 3.05) is 45.9 Å². The van der Waals surface area contributed by atoms with E-state index >= 15 is 0 Å². The molecule has 2 aliphatic rings. The van der Waals surface area contributed by atoms with Crippen molar-refractivity contribution in [3.8, 4) is 11.5 Å². The van der Waals surface area contributed by atoms with Crippen LogP contribution in [0.5, 0.6) is 11.5 Å². The molecule has 8 nitrogen and oxygen atoms in total. The molecule has 1 atom stereocenters. The number of nitrogens with zero attached hydrogens (tertiary/aromatic N) is 2. The molecular weight excluding hydrogens is 370 g/mol. The predicted octanol–water partition coefficient (Wildman–Crippen LogP) is 0.455. The van der Waals surface area contributed by atoms with E-state index in [4.69, 9.17) is 9.47 Å². The second kappa shape index (κ2) is 8.28. The molecule has 1 N–H and O–H groups in total. The Bertz CT molecular complexity index is 803. The summed E-state index contributed by atoms with van der Waals surface area (Å²) in [6.45, 7) is 8.32. The molecule has 148 valence electrons. The van der Waals surface area contributed by atoms with Crippen LogP contribution in [0, 0.1) is 0 Å². The molecule has 0 unspecified atom stereocenters. The number of piperazine rings is 1. The molecule has 1 saturated heterocycles. The number of carbonyl (C=O) groups excluding carboxylic acids is 1. The second-order valence-electron chi connectivity index (χ2n) is 6.46. The smallest absolute Gasteiger partial charge is 0.243 e. The summed E-state index contributed by atoms with van der Waals surface area (Å²) in [4.78, 5) is 14.3. The van der Waals surface area contributed by atoms with Crippen LogP contribution in [-0.2, 0) is 14.8 Å². The van der Waals surface area contributed by atoms with Gasteiger partial charge in [0.05, 0.1) is 10.9 Å². The highest BCUT2D eigenvalue weighted by Gasteiger charge is 2.32. The van der Waals surface area contributed by atoms with Gasteiger partial charge < -0.3 is 14.8 Å². The predicted molar refractivity (Wildman–Crippen MR) is 100 cm³/mol. The van der Waals surface area contributed by atoms with E-state index in [-0.39, 0.29) is 16.8 Å². The number of ether oxygens (including phenoxy) is 2. The fraction of sp³-hybridized carbons (Fsp3) is 0.500. The van der Waals surface area contributed by atoms with Crippen LogP contribution in [0.4, 0.5) is 0 Å². The molecule has 9 heteroatoms. The first kappa shape index (κ1) is 19.7. The number of sulfonamides is 1. The molecule has 0 radical (unpaired) electrons. The van der Waals surface area contributed by atoms with Gasteiger partial charge >= 0.3 is 0 Å². The van der Waals surface area contributed by atoms with Crippen molar-refractivity contribution in [2.24, 2.45) is 0 Å². The molecule has 0 spiro atoms. The minimum atomic E-state index is -3.62. The maximum absolute atomic E-state index is 12.9. The summed E-state index contributed by atoms with van der Waals surface area (Å²) in [5.74, 6) is 0.927. The van der Waals surface area contributed by atoms with Gasteiger partial charge in [0.15, 0.2) is 11.5 Å². The molecule has 0 saturated carbocycles. The first-order chi connectivity index (χ1) is 12.9. The lowest BCUT2D eigenvalue weighted by atomic mass is 10.2. The molecular formula is C18H25N3O5S. The minimum absolute atomic E-state index is 0.0851. The van der Waals surface area contributed by atoms with Crippen molar-refractivity contribution in [1.82, 2.24) is 14.5 Å². The molecule has 1 amide bonds. The molecule has 1 aromatic rings. The molecule has 2 aliphatic heterocycles. The number of rotatable bonds is 6. The van der Waals surface area contributed by atoms with Gasteiger partial charge in [-0.2, -0.15) is 4.31 Å². The molecule has 27 heavy (non-hydrogen) atoms. The Morgan fingerprint density at radius 1 is 1.22 bits per heavy atom. The van der Waals surface area contributed by atoms with Gasteiger partial charge in [-0.3, -0.25) is 9.69 Å². The van der Waals surface area contributed by atoms with Gasteiger partial charge in [0.2, 0.25) is 15.9 Å². The first-order valence-electron chi connectivity index (χ1n) is 8.96. The van der Waals surface area contributed by atoms with Crippen LogP contribution in [-0.4, -0.2) is 75.5 Å². The second-order valence-corrected chi connectivity index (χ2v) is 8.39. The van der Waals surface area contributed by atoms with E-state index in [1.54, 1.807) is 18.2 Å². The van der Waals surface area contributed by atoms with Crippen LogP contribution in [0.1, 0.15) is 6.92 Å². The van der Waals surface area contributed by atoms with E-state index < -0.39 is 10.0 Å².